The molecule has 0 fully saturated rings. The molecule has 1 amide bonds. The summed E-state index contributed by atoms with van der Waals surface area (Å²) in [6, 6.07) is 4.40. The van der Waals surface area contributed by atoms with E-state index >= 15 is 0 Å². The van der Waals surface area contributed by atoms with Gasteiger partial charge in [-0.2, -0.15) is 0 Å². The number of carbonyl (C=O) groups is 1. The molecule has 0 aliphatic carbocycles. The smallest absolute Gasteiger partial charge is 0.292 e. The number of carbonyl (C=O) groups excluding carboxylic acids is 1. The minimum atomic E-state index is -0.466. The van der Waals surface area contributed by atoms with Gasteiger partial charge < -0.3 is 10.2 Å². The van der Waals surface area contributed by atoms with Gasteiger partial charge in [0.05, 0.1) is 4.92 Å². The van der Waals surface area contributed by atoms with Crippen LogP contribution in [0.25, 0.3) is 0 Å². The van der Waals surface area contributed by atoms with Crippen molar-refractivity contribution in [3.05, 3.63) is 33.9 Å². The number of rotatable bonds is 6. The summed E-state index contributed by atoms with van der Waals surface area (Å²) in [6.07, 6.45) is 0. The standard InChI is InChI=1S/C14H21N3O3/c1-5-16(9-10(2)3)14(18)11-6-7-13(17(19)20)12(8-11)15-4/h6-8,10,15H,5,9H2,1-4H3. The van der Waals surface area contributed by atoms with Crippen molar-refractivity contribution in [2.45, 2.75) is 20.8 Å². The van der Waals surface area contributed by atoms with Gasteiger partial charge in [-0.15, -0.1) is 0 Å². The molecule has 6 heteroatoms. The Balaban J connectivity index is 3.07. The van der Waals surface area contributed by atoms with E-state index in [1.165, 1.54) is 18.2 Å². The summed E-state index contributed by atoms with van der Waals surface area (Å²) < 4.78 is 0. The summed E-state index contributed by atoms with van der Waals surface area (Å²) in [5, 5.41) is 13.6. The number of hydrogen-bond donors (Lipinski definition) is 1. The number of anilines is 1. The number of benzene rings is 1. The van der Waals surface area contributed by atoms with Crippen molar-refractivity contribution in [2.75, 3.05) is 25.5 Å². The van der Waals surface area contributed by atoms with Gasteiger partial charge in [-0.3, -0.25) is 14.9 Å². The second kappa shape index (κ2) is 6.88. The largest absolute Gasteiger partial charge is 0.383 e. The fourth-order valence-electron chi connectivity index (χ4n) is 2.01. The van der Waals surface area contributed by atoms with Crippen LogP contribution in [0.3, 0.4) is 0 Å². The molecule has 20 heavy (non-hydrogen) atoms. The molecule has 1 rings (SSSR count). The van der Waals surface area contributed by atoms with Crippen LogP contribution in [-0.4, -0.2) is 35.9 Å². The lowest BCUT2D eigenvalue weighted by atomic mass is 10.1. The maximum atomic E-state index is 12.4. The van der Waals surface area contributed by atoms with Crippen LogP contribution in [0, 0.1) is 16.0 Å². The summed E-state index contributed by atoms with van der Waals surface area (Å²) in [5.41, 5.74) is 0.778. The van der Waals surface area contributed by atoms with Gasteiger partial charge in [0.25, 0.3) is 11.6 Å². The molecule has 1 aromatic rings. The third-order valence-corrected chi connectivity index (χ3v) is 2.96. The summed E-state index contributed by atoms with van der Waals surface area (Å²) in [6.45, 7) is 7.30. The van der Waals surface area contributed by atoms with Gasteiger partial charge >= 0.3 is 0 Å². The normalized spacial score (nSPS) is 10.4. The van der Waals surface area contributed by atoms with Crippen LogP contribution >= 0.6 is 0 Å². The Morgan fingerprint density at radius 2 is 2.10 bits per heavy atom. The average molecular weight is 279 g/mol. The van der Waals surface area contributed by atoms with E-state index in [0.29, 0.717) is 30.3 Å². The van der Waals surface area contributed by atoms with Gasteiger partial charge in [0.2, 0.25) is 0 Å². The molecule has 0 aromatic heterocycles. The lowest BCUT2D eigenvalue weighted by Gasteiger charge is -2.23. The highest BCUT2D eigenvalue weighted by Gasteiger charge is 2.19. The highest BCUT2D eigenvalue weighted by Crippen LogP contribution is 2.25. The molecule has 110 valence electrons. The van der Waals surface area contributed by atoms with Crippen molar-refractivity contribution in [2.24, 2.45) is 5.92 Å². The zero-order valence-corrected chi connectivity index (χ0v) is 12.3. The van der Waals surface area contributed by atoms with Gasteiger partial charge in [0, 0.05) is 31.8 Å². The van der Waals surface area contributed by atoms with Crippen molar-refractivity contribution < 1.29 is 9.72 Å². The summed E-state index contributed by atoms with van der Waals surface area (Å²) in [5.74, 6) is 0.272. The Bertz CT molecular complexity index is 500. The molecule has 1 aromatic carbocycles. The van der Waals surface area contributed by atoms with Gasteiger partial charge in [0.15, 0.2) is 0 Å². The lowest BCUT2D eigenvalue weighted by Crippen LogP contribution is -2.34. The fourth-order valence-corrected chi connectivity index (χ4v) is 2.01. The number of nitro benzene ring substituents is 1. The third-order valence-electron chi connectivity index (χ3n) is 2.96. The summed E-state index contributed by atoms with van der Waals surface area (Å²) in [7, 11) is 1.60. The van der Waals surface area contributed by atoms with Crippen LogP contribution in [0.5, 0.6) is 0 Å². The molecule has 0 unspecified atom stereocenters. The zero-order chi connectivity index (χ0) is 15.3. The molecule has 0 atom stereocenters. The van der Waals surface area contributed by atoms with Crippen LogP contribution in [0.1, 0.15) is 31.1 Å². The first-order valence-corrected chi connectivity index (χ1v) is 6.66. The number of hydrogen-bond acceptors (Lipinski definition) is 4. The number of nitro groups is 1. The molecule has 0 aliphatic rings. The maximum Gasteiger partial charge on any atom is 0.292 e. The predicted molar refractivity (Wildman–Crippen MR) is 79.1 cm³/mol. The minimum Gasteiger partial charge on any atom is -0.383 e. The number of nitrogens with one attached hydrogen (secondary N) is 1. The van der Waals surface area contributed by atoms with E-state index in [4.69, 9.17) is 0 Å². The van der Waals surface area contributed by atoms with E-state index in [9.17, 15) is 14.9 Å². The molecule has 0 saturated heterocycles. The van der Waals surface area contributed by atoms with E-state index < -0.39 is 4.92 Å². The van der Waals surface area contributed by atoms with Gasteiger partial charge in [-0.1, -0.05) is 13.8 Å². The molecule has 0 aliphatic heterocycles. The number of amides is 1. The van der Waals surface area contributed by atoms with Crippen LogP contribution in [0.2, 0.25) is 0 Å². The van der Waals surface area contributed by atoms with Crippen LogP contribution in [0.4, 0.5) is 11.4 Å². The number of nitrogens with zero attached hydrogens (tertiary/aromatic N) is 2. The first-order chi connectivity index (χ1) is 9.40. The van der Waals surface area contributed by atoms with Crippen LogP contribution < -0.4 is 5.32 Å². The molecule has 0 spiro atoms. The molecular formula is C14H21N3O3. The predicted octanol–water partition coefficient (Wildman–Crippen LogP) is 2.75. The average Bonchev–Trinajstić information content (AvgIpc) is 2.42. The highest BCUT2D eigenvalue weighted by atomic mass is 16.6. The van der Waals surface area contributed by atoms with Gasteiger partial charge in [0.1, 0.15) is 5.69 Å². The van der Waals surface area contributed by atoms with Crippen molar-refractivity contribution in [1.82, 2.24) is 4.90 Å². The quantitative estimate of drug-likeness (QED) is 0.641. The van der Waals surface area contributed by atoms with E-state index in [1.807, 2.05) is 20.8 Å². The van der Waals surface area contributed by atoms with Crippen molar-refractivity contribution in [3.63, 3.8) is 0 Å². The monoisotopic (exact) mass is 279 g/mol. The maximum absolute atomic E-state index is 12.4. The third kappa shape index (κ3) is 3.69. The molecule has 6 nitrogen and oxygen atoms in total. The minimum absolute atomic E-state index is 0.0315. The van der Waals surface area contributed by atoms with Gasteiger partial charge in [-0.25, -0.2) is 0 Å². The van der Waals surface area contributed by atoms with Gasteiger partial charge in [-0.05, 0) is 25.0 Å². The first-order valence-electron chi connectivity index (χ1n) is 6.66. The lowest BCUT2D eigenvalue weighted by molar-refractivity contribution is -0.383. The van der Waals surface area contributed by atoms with E-state index in [1.54, 1.807) is 11.9 Å². The molecule has 0 bridgehead atoms. The molecule has 1 N–H and O–H groups in total. The Morgan fingerprint density at radius 3 is 2.55 bits per heavy atom. The molecule has 0 heterocycles. The Kier molecular flexibility index (Phi) is 5.49. The highest BCUT2D eigenvalue weighted by molar-refractivity contribution is 5.96. The Morgan fingerprint density at radius 1 is 1.45 bits per heavy atom. The molecular weight excluding hydrogens is 258 g/mol. The van der Waals surface area contributed by atoms with E-state index in [2.05, 4.69) is 5.32 Å². The van der Waals surface area contributed by atoms with Crippen molar-refractivity contribution >= 4 is 17.3 Å². The van der Waals surface area contributed by atoms with Crippen molar-refractivity contribution in [1.29, 1.82) is 0 Å². The summed E-state index contributed by atoms with van der Waals surface area (Å²) >= 11 is 0. The Hall–Kier alpha value is -2.11. The first kappa shape index (κ1) is 15.9. The topological polar surface area (TPSA) is 75.5 Å². The second-order valence-corrected chi connectivity index (χ2v) is 4.98. The molecule has 0 radical (unpaired) electrons. The Labute approximate surface area is 118 Å². The SMILES string of the molecule is CCN(CC(C)C)C(=O)c1ccc([N+](=O)[O-])c(NC)c1. The second-order valence-electron chi connectivity index (χ2n) is 4.98. The zero-order valence-electron chi connectivity index (χ0n) is 12.3. The van der Waals surface area contributed by atoms with E-state index in [0.717, 1.165) is 0 Å². The van der Waals surface area contributed by atoms with Crippen LogP contribution in [0.15, 0.2) is 18.2 Å². The summed E-state index contributed by atoms with van der Waals surface area (Å²) in [4.78, 5) is 24.5. The van der Waals surface area contributed by atoms with Crippen molar-refractivity contribution in [3.8, 4) is 0 Å². The molecule has 0 saturated carbocycles. The fraction of sp³-hybridized carbons (Fsp3) is 0.500. The van der Waals surface area contributed by atoms with Crippen LogP contribution in [-0.2, 0) is 0 Å². The van der Waals surface area contributed by atoms with E-state index in [-0.39, 0.29) is 11.6 Å².